The Hall–Kier alpha value is -1.36. The van der Waals surface area contributed by atoms with Gasteiger partial charge in [0.15, 0.2) is 0 Å². The molecule has 5 heteroatoms. The van der Waals surface area contributed by atoms with E-state index < -0.39 is 0 Å². The molecule has 0 unspecified atom stereocenters. The zero-order valence-corrected chi connectivity index (χ0v) is 7.35. The molecule has 3 N–H and O–H groups in total. The van der Waals surface area contributed by atoms with Crippen LogP contribution in [0.25, 0.3) is 10.6 Å². The minimum atomic E-state index is 0.669. The lowest BCUT2D eigenvalue weighted by Crippen LogP contribution is -1.85. The highest BCUT2D eigenvalue weighted by Crippen LogP contribution is 2.28. The fourth-order valence-electron chi connectivity index (χ4n) is 1.02. The Kier molecular flexibility index (Phi) is 1.58. The molecule has 2 heterocycles. The number of nitrogens with zero attached hydrogens (tertiary/aromatic N) is 2. The number of nitrogens with one attached hydrogen (secondary N) is 1. The molecule has 2 rings (SSSR count). The third-order valence-electron chi connectivity index (χ3n) is 1.64. The van der Waals surface area contributed by atoms with Gasteiger partial charge in [0, 0.05) is 0 Å². The van der Waals surface area contributed by atoms with Gasteiger partial charge in [-0.3, -0.25) is 5.10 Å². The van der Waals surface area contributed by atoms with Crippen LogP contribution in [0, 0.1) is 6.92 Å². The largest absolute Gasteiger partial charge is 0.396 e. The van der Waals surface area contributed by atoms with Crippen molar-refractivity contribution >= 4 is 17.0 Å². The Labute approximate surface area is 73.5 Å². The first-order valence-corrected chi connectivity index (χ1v) is 4.36. The molecular formula is C7H8N4S. The van der Waals surface area contributed by atoms with Crippen LogP contribution in [0.5, 0.6) is 0 Å². The molecule has 0 saturated heterocycles. The SMILES string of the molecule is Cc1ncsc1-c1[nH]ncc1N. The molecule has 0 saturated carbocycles. The average molecular weight is 180 g/mol. The van der Waals surface area contributed by atoms with Crippen LogP contribution in [-0.2, 0) is 0 Å². The number of anilines is 1. The smallest absolute Gasteiger partial charge is 0.0998 e. The Morgan fingerprint density at radius 1 is 1.58 bits per heavy atom. The first-order chi connectivity index (χ1) is 5.79. The van der Waals surface area contributed by atoms with E-state index in [4.69, 9.17) is 5.73 Å². The van der Waals surface area contributed by atoms with Crippen molar-refractivity contribution in [1.29, 1.82) is 0 Å². The van der Waals surface area contributed by atoms with Gasteiger partial charge in [-0.15, -0.1) is 11.3 Å². The number of hydrogen-bond donors (Lipinski definition) is 2. The van der Waals surface area contributed by atoms with E-state index in [1.54, 1.807) is 23.0 Å². The summed E-state index contributed by atoms with van der Waals surface area (Å²) >= 11 is 1.56. The van der Waals surface area contributed by atoms with Crippen molar-refractivity contribution in [3.05, 3.63) is 17.4 Å². The number of aromatic nitrogens is 3. The number of nitrogens with two attached hydrogens (primary N) is 1. The van der Waals surface area contributed by atoms with E-state index in [-0.39, 0.29) is 0 Å². The Bertz CT molecular complexity index is 351. The molecule has 4 nitrogen and oxygen atoms in total. The monoisotopic (exact) mass is 180 g/mol. The second-order valence-electron chi connectivity index (χ2n) is 2.47. The summed E-state index contributed by atoms with van der Waals surface area (Å²) in [5.74, 6) is 0. The van der Waals surface area contributed by atoms with Crippen LogP contribution in [0.4, 0.5) is 5.69 Å². The molecule has 0 aliphatic carbocycles. The first kappa shape index (κ1) is 7.30. The summed E-state index contributed by atoms with van der Waals surface area (Å²) in [5.41, 5.74) is 10.0. The van der Waals surface area contributed by atoms with Gasteiger partial charge in [0.1, 0.15) is 0 Å². The van der Waals surface area contributed by atoms with Crippen molar-refractivity contribution in [2.45, 2.75) is 6.92 Å². The van der Waals surface area contributed by atoms with E-state index in [0.29, 0.717) is 5.69 Å². The van der Waals surface area contributed by atoms with E-state index in [1.807, 2.05) is 6.92 Å². The molecule has 0 aromatic carbocycles. The normalized spacial score (nSPS) is 10.4. The second-order valence-corrected chi connectivity index (χ2v) is 3.32. The summed E-state index contributed by atoms with van der Waals surface area (Å²) in [5, 5.41) is 6.69. The van der Waals surface area contributed by atoms with Crippen molar-refractivity contribution in [3.63, 3.8) is 0 Å². The maximum atomic E-state index is 5.69. The molecular weight excluding hydrogens is 172 g/mol. The van der Waals surface area contributed by atoms with E-state index in [9.17, 15) is 0 Å². The molecule has 0 radical (unpaired) electrons. The highest BCUT2D eigenvalue weighted by Gasteiger charge is 2.09. The van der Waals surface area contributed by atoms with Crippen LogP contribution in [-0.4, -0.2) is 15.2 Å². The molecule has 0 aliphatic rings. The van der Waals surface area contributed by atoms with Crippen LogP contribution in [0.1, 0.15) is 5.69 Å². The number of nitrogen functional groups attached to an aromatic ring is 1. The Morgan fingerprint density at radius 3 is 2.92 bits per heavy atom. The van der Waals surface area contributed by atoms with Gasteiger partial charge in [-0.25, -0.2) is 4.98 Å². The summed E-state index contributed by atoms with van der Waals surface area (Å²) in [6.45, 7) is 1.95. The highest BCUT2D eigenvalue weighted by molar-refractivity contribution is 7.13. The fourth-order valence-corrected chi connectivity index (χ4v) is 1.84. The van der Waals surface area contributed by atoms with Crippen LogP contribution >= 0.6 is 11.3 Å². The lowest BCUT2D eigenvalue weighted by atomic mass is 10.3. The van der Waals surface area contributed by atoms with Crippen LogP contribution in [0.2, 0.25) is 0 Å². The van der Waals surface area contributed by atoms with E-state index >= 15 is 0 Å². The molecule has 0 fully saturated rings. The zero-order valence-electron chi connectivity index (χ0n) is 6.53. The van der Waals surface area contributed by atoms with Crippen molar-refractivity contribution < 1.29 is 0 Å². The summed E-state index contributed by atoms with van der Waals surface area (Å²) < 4.78 is 0. The minimum absolute atomic E-state index is 0.669. The molecule has 12 heavy (non-hydrogen) atoms. The van der Waals surface area contributed by atoms with Gasteiger partial charge < -0.3 is 5.73 Å². The minimum Gasteiger partial charge on any atom is -0.396 e. The van der Waals surface area contributed by atoms with Gasteiger partial charge >= 0.3 is 0 Å². The maximum Gasteiger partial charge on any atom is 0.0998 e. The van der Waals surface area contributed by atoms with Crippen LogP contribution in [0.3, 0.4) is 0 Å². The van der Waals surface area contributed by atoms with Gasteiger partial charge in [0.05, 0.1) is 33.7 Å². The van der Waals surface area contributed by atoms with Gasteiger partial charge in [0.25, 0.3) is 0 Å². The maximum absolute atomic E-state index is 5.69. The lowest BCUT2D eigenvalue weighted by molar-refractivity contribution is 1.09. The molecule has 0 bridgehead atoms. The summed E-state index contributed by atoms with van der Waals surface area (Å²) in [4.78, 5) is 5.19. The number of rotatable bonds is 1. The lowest BCUT2D eigenvalue weighted by Gasteiger charge is -1.94. The predicted molar refractivity (Wildman–Crippen MR) is 48.8 cm³/mol. The van der Waals surface area contributed by atoms with Gasteiger partial charge in [-0.1, -0.05) is 0 Å². The molecule has 0 amide bonds. The van der Waals surface area contributed by atoms with Crippen molar-refractivity contribution in [1.82, 2.24) is 15.2 Å². The topological polar surface area (TPSA) is 67.6 Å². The molecule has 0 spiro atoms. The zero-order chi connectivity index (χ0) is 8.55. The van der Waals surface area contributed by atoms with Crippen LogP contribution in [0.15, 0.2) is 11.7 Å². The van der Waals surface area contributed by atoms with Crippen molar-refractivity contribution in [2.75, 3.05) is 5.73 Å². The number of aromatic amines is 1. The Balaban J connectivity index is 2.57. The number of thiazole rings is 1. The second kappa shape index (κ2) is 2.60. The van der Waals surface area contributed by atoms with Crippen LogP contribution < -0.4 is 5.73 Å². The number of H-pyrrole nitrogens is 1. The summed E-state index contributed by atoms with van der Waals surface area (Å²) in [7, 11) is 0. The highest BCUT2D eigenvalue weighted by atomic mass is 32.1. The van der Waals surface area contributed by atoms with Crippen molar-refractivity contribution in [3.8, 4) is 10.6 Å². The van der Waals surface area contributed by atoms with Crippen molar-refractivity contribution in [2.24, 2.45) is 0 Å². The van der Waals surface area contributed by atoms with E-state index in [1.165, 1.54) is 0 Å². The molecule has 2 aromatic heterocycles. The average Bonchev–Trinajstić information content (AvgIpc) is 2.59. The third-order valence-corrected chi connectivity index (χ3v) is 2.59. The summed E-state index contributed by atoms with van der Waals surface area (Å²) in [6, 6.07) is 0. The van der Waals surface area contributed by atoms with Gasteiger partial charge in [-0.05, 0) is 6.92 Å². The molecule has 2 aromatic rings. The first-order valence-electron chi connectivity index (χ1n) is 3.48. The molecule has 0 aliphatic heterocycles. The van der Waals surface area contributed by atoms with E-state index in [2.05, 4.69) is 15.2 Å². The third kappa shape index (κ3) is 0.984. The van der Waals surface area contributed by atoms with Gasteiger partial charge in [-0.2, -0.15) is 5.10 Å². The number of aryl methyl sites for hydroxylation is 1. The quantitative estimate of drug-likeness (QED) is 0.697. The molecule has 62 valence electrons. The number of hydrogen-bond acceptors (Lipinski definition) is 4. The summed E-state index contributed by atoms with van der Waals surface area (Å²) in [6.07, 6.45) is 1.61. The predicted octanol–water partition coefficient (Wildman–Crippen LogP) is 1.42. The molecule has 0 atom stereocenters. The Morgan fingerprint density at radius 2 is 2.42 bits per heavy atom. The fraction of sp³-hybridized carbons (Fsp3) is 0.143. The van der Waals surface area contributed by atoms with E-state index in [0.717, 1.165) is 16.3 Å². The standard InChI is InChI=1S/C7H8N4S/c1-4-7(12-3-9-4)6-5(8)2-10-11-6/h2-3H,8H2,1H3,(H,10,11). The van der Waals surface area contributed by atoms with Gasteiger partial charge in [0.2, 0.25) is 0 Å².